The second-order valence-corrected chi connectivity index (χ2v) is 5.96. The van der Waals surface area contributed by atoms with Crippen molar-refractivity contribution in [1.82, 2.24) is 5.32 Å². The average molecular weight is 315 g/mol. The molecule has 0 radical (unpaired) electrons. The molecule has 0 saturated carbocycles. The Balaban J connectivity index is 1.95. The van der Waals surface area contributed by atoms with Gasteiger partial charge in [-0.3, -0.25) is 9.59 Å². The molecule has 7 heteroatoms. The number of benzene rings is 1. The molecule has 5 nitrogen and oxygen atoms in total. The highest BCUT2D eigenvalue weighted by Gasteiger charge is 2.28. The van der Waals surface area contributed by atoms with Crippen LogP contribution in [-0.4, -0.2) is 37.3 Å². The van der Waals surface area contributed by atoms with Crippen LogP contribution in [0.15, 0.2) is 23.1 Å². The number of hydrogen-bond donors (Lipinski definition) is 2. The standard InChI is InChI=1S/C13H15ClN2O3S/c1-19-5-4-15-12(17)7-11-13(18)16-9-6-8(14)2-3-10(9)20-11/h2-3,6,11H,4-5,7H2,1H3,(H,15,17)(H,16,18). The highest BCUT2D eigenvalue weighted by Crippen LogP contribution is 2.38. The summed E-state index contributed by atoms with van der Waals surface area (Å²) in [6.07, 6.45) is 0.141. The maximum Gasteiger partial charge on any atom is 0.238 e. The lowest BCUT2D eigenvalue weighted by atomic mass is 10.2. The number of methoxy groups -OCH3 is 1. The van der Waals surface area contributed by atoms with Crippen LogP contribution in [0, 0.1) is 0 Å². The first-order valence-electron chi connectivity index (χ1n) is 6.13. The van der Waals surface area contributed by atoms with Crippen LogP contribution in [0.5, 0.6) is 0 Å². The van der Waals surface area contributed by atoms with Gasteiger partial charge in [0.05, 0.1) is 17.5 Å². The molecule has 1 heterocycles. The number of rotatable bonds is 5. The predicted octanol–water partition coefficient (Wildman–Crippen LogP) is 1.91. The van der Waals surface area contributed by atoms with E-state index in [1.807, 2.05) is 6.07 Å². The molecule has 0 bridgehead atoms. The van der Waals surface area contributed by atoms with E-state index < -0.39 is 5.25 Å². The molecule has 0 fully saturated rings. The van der Waals surface area contributed by atoms with Crippen molar-refractivity contribution in [1.29, 1.82) is 0 Å². The summed E-state index contributed by atoms with van der Waals surface area (Å²) in [4.78, 5) is 24.6. The molecule has 1 atom stereocenters. The Morgan fingerprint density at radius 3 is 3.10 bits per heavy atom. The van der Waals surface area contributed by atoms with Crippen LogP contribution in [0.2, 0.25) is 5.02 Å². The van der Waals surface area contributed by atoms with Gasteiger partial charge in [-0.05, 0) is 18.2 Å². The Hall–Kier alpha value is -1.24. The molecule has 0 spiro atoms. The first kappa shape index (κ1) is 15.2. The van der Waals surface area contributed by atoms with Gasteiger partial charge >= 0.3 is 0 Å². The minimum atomic E-state index is -0.425. The van der Waals surface area contributed by atoms with E-state index in [1.54, 1.807) is 19.2 Å². The van der Waals surface area contributed by atoms with Crippen molar-refractivity contribution in [2.24, 2.45) is 0 Å². The fourth-order valence-corrected chi connectivity index (χ4v) is 3.05. The van der Waals surface area contributed by atoms with Crippen LogP contribution in [0.4, 0.5) is 5.69 Å². The maximum atomic E-state index is 12.0. The van der Waals surface area contributed by atoms with Gasteiger partial charge < -0.3 is 15.4 Å². The fraction of sp³-hybridized carbons (Fsp3) is 0.385. The molecule has 1 aromatic carbocycles. The lowest BCUT2D eigenvalue weighted by molar-refractivity contribution is -0.124. The van der Waals surface area contributed by atoms with Crippen LogP contribution in [0.25, 0.3) is 0 Å². The lowest BCUT2D eigenvalue weighted by Gasteiger charge is -2.23. The molecule has 2 rings (SSSR count). The molecule has 0 aromatic heterocycles. The maximum absolute atomic E-state index is 12.0. The van der Waals surface area contributed by atoms with E-state index >= 15 is 0 Å². The van der Waals surface area contributed by atoms with Crippen molar-refractivity contribution in [3.05, 3.63) is 23.2 Å². The van der Waals surface area contributed by atoms with E-state index in [4.69, 9.17) is 16.3 Å². The van der Waals surface area contributed by atoms with Gasteiger partial charge in [0.15, 0.2) is 0 Å². The molecule has 1 aliphatic heterocycles. The van der Waals surface area contributed by atoms with Crippen molar-refractivity contribution in [2.45, 2.75) is 16.6 Å². The highest BCUT2D eigenvalue weighted by molar-refractivity contribution is 8.01. The lowest BCUT2D eigenvalue weighted by Crippen LogP contribution is -2.35. The summed E-state index contributed by atoms with van der Waals surface area (Å²) in [6, 6.07) is 5.31. The third-order valence-electron chi connectivity index (χ3n) is 2.76. The molecule has 2 N–H and O–H groups in total. The molecule has 108 valence electrons. The van der Waals surface area contributed by atoms with Crippen LogP contribution in [-0.2, 0) is 14.3 Å². The number of carbonyl (C=O) groups excluding carboxylic acids is 2. The molecule has 1 aliphatic rings. The number of fused-ring (bicyclic) bond motifs is 1. The number of nitrogens with one attached hydrogen (secondary N) is 2. The van der Waals surface area contributed by atoms with Crippen molar-refractivity contribution in [2.75, 3.05) is 25.6 Å². The van der Waals surface area contributed by atoms with E-state index in [2.05, 4.69) is 10.6 Å². The van der Waals surface area contributed by atoms with E-state index in [9.17, 15) is 9.59 Å². The number of ether oxygens (including phenoxy) is 1. The predicted molar refractivity (Wildman–Crippen MR) is 79.2 cm³/mol. The third-order valence-corrected chi connectivity index (χ3v) is 4.27. The molecular formula is C13H15ClN2O3S. The molecule has 20 heavy (non-hydrogen) atoms. The molecule has 1 aromatic rings. The second kappa shape index (κ2) is 6.97. The van der Waals surface area contributed by atoms with Crippen LogP contribution < -0.4 is 10.6 Å². The first-order chi connectivity index (χ1) is 9.60. The molecule has 0 saturated heterocycles. The third kappa shape index (κ3) is 3.88. The normalized spacial score (nSPS) is 17.3. The summed E-state index contributed by atoms with van der Waals surface area (Å²) in [5.41, 5.74) is 0.698. The van der Waals surface area contributed by atoms with Crippen LogP contribution >= 0.6 is 23.4 Å². The van der Waals surface area contributed by atoms with Crippen molar-refractivity contribution < 1.29 is 14.3 Å². The Morgan fingerprint density at radius 2 is 2.35 bits per heavy atom. The van der Waals surface area contributed by atoms with Crippen molar-refractivity contribution >= 4 is 40.9 Å². The van der Waals surface area contributed by atoms with Gasteiger partial charge in [0.25, 0.3) is 0 Å². The van der Waals surface area contributed by atoms with E-state index in [0.717, 1.165) is 4.90 Å². The number of halogens is 1. The number of carbonyl (C=O) groups is 2. The Morgan fingerprint density at radius 1 is 1.55 bits per heavy atom. The van der Waals surface area contributed by atoms with Crippen molar-refractivity contribution in [3.8, 4) is 0 Å². The summed E-state index contributed by atoms with van der Waals surface area (Å²) >= 11 is 7.26. The van der Waals surface area contributed by atoms with Gasteiger partial charge in [0.1, 0.15) is 0 Å². The highest BCUT2D eigenvalue weighted by atomic mass is 35.5. The number of anilines is 1. The molecular weight excluding hydrogens is 300 g/mol. The van der Waals surface area contributed by atoms with Gasteiger partial charge in [0, 0.05) is 30.0 Å². The van der Waals surface area contributed by atoms with Gasteiger partial charge in [-0.25, -0.2) is 0 Å². The summed E-state index contributed by atoms with van der Waals surface area (Å²) < 4.78 is 4.85. The Bertz CT molecular complexity index is 524. The monoisotopic (exact) mass is 314 g/mol. The second-order valence-electron chi connectivity index (χ2n) is 4.28. The smallest absolute Gasteiger partial charge is 0.238 e. The zero-order valence-electron chi connectivity index (χ0n) is 10.9. The zero-order valence-corrected chi connectivity index (χ0v) is 12.5. The molecule has 2 amide bonds. The largest absolute Gasteiger partial charge is 0.383 e. The first-order valence-corrected chi connectivity index (χ1v) is 7.38. The van der Waals surface area contributed by atoms with Crippen LogP contribution in [0.1, 0.15) is 6.42 Å². The quantitative estimate of drug-likeness (QED) is 0.815. The summed E-state index contributed by atoms with van der Waals surface area (Å²) in [7, 11) is 1.57. The fourth-order valence-electron chi connectivity index (χ4n) is 1.79. The van der Waals surface area contributed by atoms with Crippen LogP contribution in [0.3, 0.4) is 0 Å². The average Bonchev–Trinajstić information content (AvgIpc) is 2.40. The minimum Gasteiger partial charge on any atom is -0.383 e. The Labute approximate surface area is 126 Å². The van der Waals surface area contributed by atoms with Gasteiger partial charge in [-0.15, -0.1) is 11.8 Å². The number of amides is 2. The van der Waals surface area contributed by atoms with E-state index in [1.165, 1.54) is 11.8 Å². The summed E-state index contributed by atoms with van der Waals surface area (Å²) in [5, 5.41) is 5.63. The zero-order chi connectivity index (χ0) is 14.5. The SMILES string of the molecule is COCCNC(=O)CC1Sc2ccc(Cl)cc2NC1=O. The minimum absolute atomic E-state index is 0.141. The number of thioether (sulfide) groups is 1. The summed E-state index contributed by atoms with van der Waals surface area (Å²) in [6.45, 7) is 0.900. The van der Waals surface area contributed by atoms with Gasteiger partial charge in [-0.1, -0.05) is 11.6 Å². The van der Waals surface area contributed by atoms with E-state index in [-0.39, 0.29) is 18.2 Å². The topological polar surface area (TPSA) is 67.4 Å². The molecule has 0 aliphatic carbocycles. The van der Waals surface area contributed by atoms with Gasteiger partial charge in [0.2, 0.25) is 11.8 Å². The van der Waals surface area contributed by atoms with Crippen molar-refractivity contribution in [3.63, 3.8) is 0 Å². The molecule has 1 unspecified atom stereocenters. The van der Waals surface area contributed by atoms with Gasteiger partial charge in [-0.2, -0.15) is 0 Å². The summed E-state index contributed by atoms with van der Waals surface area (Å²) in [5.74, 6) is -0.334. The number of hydrogen-bond acceptors (Lipinski definition) is 4. The Kier molecular flexibility index (Phi) is 5.28. The van der Waals surface area contributed by atoms with E-state index in [0.29, 0.717) is 23.9 Å².